The second kappa shape index (κ2) is 3.83. The Morgan fingerprint density at radius 1 is 1.13 bits per heavy atom. The van der Waals surface area contributed by atoms with Crippen molar-refractivity contribution in [2.24, 2.45) is 0 Å². The highest BCUT2D eigenvalue weighted by Gasteiger charge is 2.26. The van der Waals surface area contributed by atoms with Crippen LogP contribution in [0.15, 0.2) is 12.1 Å². The molecule has 0 aromatic heterocycles. The third-order valence-electron chi connectivity index (χ3n) is 2.52. The zero-order valence-electron chi connectivity index (χ0n) is 7.80. The van der Waals surface area contributed by atoms with Crippen LogP contribution in [-0.2, 0) is 0 Å². The highest BCUT2D eigenvalue weighted by Crippen LogP contribution is 2.27. The molecule has 2 nitrogen and oxygen atoms in total. The van der Waals surface area contributed by atoms with Crippen molar-refractivity contribution in [3.8, 4) is 0 Å². The lowest BCUT2D eigenvalue weighted by atomic mass is 10.0. The molecule has 0 aliphatic carbocycles. The predicted octanol–water partition coefficient (Wildman–Crippen LogP) is 1.50. The molecular weight excluding hydrogens is 207 g/mol. The number of aliphatic hydroxyl groups excluding tert-OH is 1. The lowest BCUT2D eigenvalue weighted by Crippen LogP contribution is -2.16. The molecule has 0 amide bonds. The molecule has 1 aromatic carbocycles. The van der Waals surface area contributed by atoms with Gasteiger partial charge in [0.2, 0.25) is 0 Å². The fourth-order valence-electron chi connectivity index (χ4n) is 1.76. The number of aliphatic hydroxyl groups is 1. The van der Waals surface area contributed by atoms with E-state index < -0.39 is 29.6 Å². The minimum atomic E-state index is -1.20. The number of hydrogen-bond acceptors (Lipinski definition) is 2. The van der Waals surface area contributed by atoms with Crippen LogP contribution >= 0.6 is 0 Å². The fraction of sp³-hybridized carbons (Fsp3) is 0.400. The van der Waals surface area contributed by atoms with E-state index in [0.29, 0.717) is 19.0 Å². The fourth-order valence-corrected chi connectivity index (χ4v) is 1.76. The maximum absolute atomic E-state index is 13.3. The molecule has 0 spiro atoms. The van der Waals surface area contributed by atoms with E-state index in [1.165, 1.54) is 0 Å². The lowest BCUT2D eigenvalue weighted by Gasteiger charge is -2.11. The molecule has 1 aliphatic heterocycles. The van der Waals surface area contributed by atoms with Crippen LogP contribution in [0, 0.1) is 17.5 Å². The van der Waals surface area contributed by atoms with Gasteiger partial charge in [-0.05, 0) is 12.5 Å². The lowest BCUT2D eigenvalue weighted by molar-refractivity contribution is 0.193. The number of β-amino-alcohol motifs (C(OH)–C–C–N with tert-alkyl or cyclic N) is 1. The second-order valence-corrected chi connectivity index (χ2v) is 3.64. The Hall–Kier alpha value is -1.07. The van der Waals surface area contributed by atoms with Gasteiger partial charge in [-0.15, -0.1) is 0 Å². The van der Waals surface area contributed by atoms with E-state index in [-0.39, 0.29) is 5.56 Å². The maximum Gasteiger partial charge on any atom is 0.161 e. The van der Waals surface area contributed by atoms with Crippen molar-refractivity contribution in [3.63, 3.8) is 0 Å². The summed E-state index contributed by atoms with van der Waals surface area (Å²) in [4.78, 5) is 0. The first kappa shape index (κ1) is 10.4. The number of nitrogens with one attached hydrogen (secondary N) is 1. The summed E-state index contributed by atoms with van der Waals surface area (Å²) in [5, 5.41) is 12.1. The van der Waals surface area contributed by atoms with Crippen LogP contribution in [0.1, 0.15) is 18.0 Å². The van der Waals surface area contributed by atoms with E-state index in [0.717, 1.165) is 6.07 Å². The molecule has 5 heteroatoms. The molecule has 0 radical (unpaired) electrons. The van der Waals surface area contributed by atoms with Crippen molar-refractivity contribution in [1.82, 2.24) is 5.32 Å². The van der Waals surface area contributed by atoms with Gasteiger partial charge in [-0.25, -0.2) is 13.2 Å². The van der Waals surface area contributed by atoms with Crippen LogP contribution in [0.25, 0.3) is 0 Å². The third-order valence-corrected chi connectivity index (χ3v) is 2.52. The van der Waals surface area contributed by atoms with E-state index in [9.17, 15) is 18.3 Å². The van der Waals surface area contributed by atoms with E-state index >= 15 is 0 Å². The molecule has 1 saturated heterocycles. The summed E-state index contributed by atoms with van der Waals surface area (Å²) in [5.74, 6) is -3.06. The predicted molar refractivity (Wildman–Crippen MR) is 47.7 cm³/mol. The number of hydrogen-bond donors (Lipinski definition) is 2. The Morgan fingerprint density at radius 2 is 1.80 bits per heavy atom. The van der Waals surface area contributed by atoms with Crippen LogP contribution < -0.4 is 5.32 Å². The highest BCUT2D eigenvalue weighted by atomic mass is 19.2. The summed E-state index contributed by atoms with van der Waals surface area (Å²) >= 11 is 0. The van der Waals surface area contributed by atoms with Gasteiger partial charge in [-0.3, -0.25) is 0 Å². The minimum absolute atomic E-state index is 0.0606. The average Bonchev–Trinajstić information content (AvgIpc) is 2.58. The van der Waals surface area contributed by atoms with Crippen LogP contribution in [0.2, 0.25) is 0 Å². The van der Waals surface area contributed by atoms with Crippen molar-refractivity contribution in [2.45, 2.75) is 18.6 Å². The van der Waals surface area contributed by atoms with Gasteiger partial charge in [-0.2, -0.15) is 0 Å². The second-order valence-electron chi connectivity index (χ2n) is 3.64. The van der Waals surface area contributed by atoms with Gasteiger partial charge in [0.15, 0.2) is 11.6 Å². The molecule has 15 heavy (non-hydrogen) atoms. The highest BCUT2D eigenvalue weighted by molar-refractivity contribution is 5.24. The molecule has 2 rings (SSSR count). The zero-order chi connectivity index (χ0) is 11.0. The van der Waals surface area contributed by atoms with Crippen molar-refractivity contribution >= 4 is 0 Å². The first-order chi connectivity index (χ1) is 7.08. The van der Waals surface area contributed by atoms with Crippen LogP contribution in [-0.4, -0.2) is 17.8 Å². The first-order valence-electron chi connectivity index (χ1n) is 4.64. The summed E-state index contributed by atoms with van der Waals surface area (Å²) in [5.41, 5.74) is 0.0606. The molecule has 2 unspecified atom stereocenters. The van der Waals surface area contributed by atoms with Crippen molar-refractivity contribution in [2.75, 3.05) is 6.54 Å². The Bertz CT molecular complexity index is 383. The van der Waals surface area contributed by atoms with Crippen molar-refractivity contribution < 1.29 is 18.3 Å². The molecule has 1 heterocycles. The van der Waals surface area contributed by atoms with Crippen molar-refractivity contribution in [3.05, 3.63) is 35.1 Å². The average molecular weight is 217 g/mol. The molecule has 0 saturated carbocycles. The Balaban J connectivity index is 2.32. The molecule has 2 N–H and O–H groups in total. The zero-order valence-corrected chi connectivity index (χ0v) is 7.80. The normalized spacial score (nSPS) is 25.9. The molecule has 1 aliphatic rings. The first-order valence-corrected chi connectivity index (χ1v) is 4.64. The van der Waals surface area contributed by atoms with Crippen LogP contribution in [0.5, 0.6) is 0 Å². The summed E-state index contributed by atoms with van der Waals surface area (Å²) in [6, 6.07) is 0.910. The van der Waals surface area contributed by atoms with Gasteiger partial charge in [-0.1, -0.05) is 0 Å². The van der Waals surface area contributed by atoms with E-state index in [1.807, 2.05) is 0 Å². The maximum atomic E-state index is 13.3. The third kappa shape index (κ3) is 1.98. The van der Waals surface area contributed by atoms with Gasteiger partial charge in [0, 0.05) is 24.2 Å². The summed E-state index contributed by atoms with van der Waals surface area (Å²) in [6.07, 6.45) is -0.260. The van der Waals surface area contributed by atoms with Crippen LogP contribution in [0.4, 0.5) is 13.2 Å². The summed E-state index contributed by atoms with van der Waals surface area (Å²) < 4.78 is 38.8. The summed E-state index contributed by atoms with van der Waals surface area (Å²) in [6.45, 7) is 0.336. The van der Waals surface area contributed by atoms with E-state index in [2.05, 4.69) is 5.32 Å². The van der Waals surface area contributed by atoms with Gasteiger partial charge >= 0.3 is 0 Å². The van der Waals surface area contributed by atoms with E-state index in [1.54, 1.807) is 0 Å². The van der Waals surface area contributed by atoms with Gasteiger partial charge in [0.05, 0.1) is 6.10 Å². The SMILES string of the molecule is OC1CNC(c2cc(F)c(F)cc2F)C1. The number of benzene rings is 1. The smallest absolute Gasteiger partial charge is 0.161 e. The Kier molecular flexibility index (Phi) is 2.67. The Morgan fingerprint density at radius 3 is 2.40 bits per heavy atom. The number of rotatable bonds is 1. The van der Waals surface area contributed by atoms with Gasteiger partial charge in [0.1, 0.15) is 5.82 Å². The molecule has 2 atom stereocenters. The van der Waals surface area contributed by atoms with Crippen molar-refractivity contribution in [1.29, 1.82) is 0 Å². The molecule has 82 valence electrons. The monoisotopic (exact) mass is 217 g/mol. The standard InChI is InChI=1S/C10H10F3NO/c11-7-3-9(13)8(12)2-6(7)10-1-5(15)4-14-10/h2-3,5,10,14-15H,1,4H2. The topological polar surface area (TPSA) is 32.3 Å². The van der Waals surface area contributed by atoms with Gasteiger partial charge in [0.25, 0.3) is 0 Å². The largest absolute Gasteiger partial charge is 0.392 e. The molecular formula is C10H10F3NO. The molecule has 1 fully saturated rings. The van der Waals surface area contributed by atoms with Gasteiger partial charge < -0.3 is 10.4 Å². The summed E-state index contributed by atoms with van der Waals surface area (Å²) in [7, 11) is 0. The quantitative estimate of drug-likeness (QED) is 0.699. The number of halogens is 3. The van der Waals surface area contributed by atoms with E-state index in [4.69, 9.17) is 0 Å². The minimum Gasteiger partial charge on any atom is -0.392 e. The molecule has 0 bridgehead atoms. The Labute approximate surface area is 84.7 Å². The van der Waals surface area contributed by atoms with Crippen LogP contribution in [0.3, 0.4) is 0 Å². The molecule has 1 aromatic rings.